The van der Waals surface area contributed by atoms with Gasteiger partial charge in [-0.25, -0.2) is 0 Å². The number of para-hydroxylation sites is 1. The topological polar surface area (TPSA) is 49.3 Å². The van der Waals surface area contributed by atoms with Gasteiger partial charge in [0.25, 0.3) is 0 Å². The summed E-state index contributed by atoms with van der Waals surface area (Å²) >= 11 is 11.2. The second kappa shape index (κ2) is 6.98. The first kappa shape index (κ1) is 14.4. The zero-order valence-electron chi connectivity index (χ0n) is 10.8. The average molecular weight is 305 g/mol. The molecule has 0 saturated heterocycles. The third kappa shape index (κ3) is 4.01. The zero-order chi connectivity index (χ0) is 14.4. The summed E-state index contributed by atoms with van der Waals surface area (Å²) in [6.45, 7) is 1.85. The summed E-state index contributed by atoms with van der Waals surface area (Å²) in [5.74, 6) is 0. The van der Waals surface area contributed by atoms with Gasteiger partial charge < -0.3 is 5.32 Å². The van der Waals surface area contributed by atoms with Gasteiger partial charge in [-0.1, -0.05) is 29.8 Å². The monoisotopic (exact) mass is 304 g/mol. The Labute approximate surface area is 127 Å². The maximum atomic E-state index is 6.03. The standard InChI is InChI=1S/C14H13ClN4S/c1-10(12-7-4-5-9-16-12)18-19-14(20)17-13-8-3-2-6-11(13)15/h2-9H,1H3,(H2,17,19,20)/b18-10-. The predicted octanol–water partition coefficient (Wildman–Crippen LogP) is 3.45. The van der Waals surface area contributed by atoms with Crippen LogP contribution >= 0.6 is 23.8 Å². The smallest absolute Gasteiger partial charge is 0.191 e. The minimum atomic E-state index is 0.369. The van der Waals surface area contributed by atoms with Gasteiger partial charge in [0.15, 0.2) is 5.11 Å². The summed E-state index contributed by atoms with van der Waals surface area (Å²) < 4.78 is 0. The third-order valence-corrected chi connectivity index (χ3v) is 3.01. The van der Waals surface area contributed by atoms with Crippen molar-refractivity contribution in [3.05, 3.63) is 59.4 Å². The van der Waals surface area contributed by atoms with E-state index < -0.39 is 0 Å². The molecule has 6 heteroatoms. The largest absolute Gasteiger partial charge is 0.330 e. The van der Waals surface area contributed by atoms with E-state index in [0.29, 0.717) is 10.1 Å². The molecule has 1 aromatic heterocycles. The van der Waals surface area contributed by atoms with E-state index in [-0.39, 0.29) is 0 Å². The Kier molecular flexibility index (Phi) is 5.03. The van der Waals surface area contributed by atoms with Crippen molar-refractivity contribution in [1.82, 2.24) is 10.4 Å². The van der Waals surface area contributed by atoms with Gasteiger partial charge in [-0.05, 0) is 43.4 Å². The van der Waals surface area contributed by atoms with Crippen molar-refractivity contribution >= 4 is 40.3 Å². The van der Waals surface area contributed by atoms with Gasteiger partial charge in [0.1, 0.15) is 0 Å². The lowest BCUT2D eigenvalue weighted by Crippen LogP contribution is -2.25. The van der Waals surface area contributed by atoms with E-state index >= 15 is 0 Å². The number of hydrogen-bond donors (Lipinski definition) is 2. The molecule has 0 saturated carbocycles. The Hall–Kier alpha value is -1.98. The van der Waals surface area contributed by atoms with E-state index in [4.69, 9.17) is 23.8 Å². The molecule has 0 radical (unpaired) electrons. The maximum Gasteiger partial charge on any atom is 0.191 e. The van der Waals surface area contributed by atoms with Crippen molar-refractivity contribution in [2.75, 3.05) is 5.32 Å². The molecule has 2 rings (SSSR count). The average Bonchev–Trinajstić information content (AvgIpc) is 2.48. The first-order valence-electron chi connectivity index (χ1n) is 5.94. The number of hydrogen-bond acceptors (Lipinski definition) is 3. The number of nitrogens with one attached hydrogen (secondary N) is 2. The van der Waals surface area contributed by atoms with E-state index in [9.17, 15) is 0 Å². The quantitative estimate of drug-likeness (QED) is 0.518. The molecule has 4 nitrogen and oxygen atoms in total. The molecule has 102 valence electrons. The number of benzene rings is 1. The summed E-state index contributed by atoms with van der Waals surface area (Å²) in [5.41, 5.74) is 5.04. The van der Waals surface area contributed by atoms with E-state index in [1.165, 1.54) is 0 Å². The Bertz CT molecular complexity index is 628. The molecule has 0 fully saturated rings. The van der Waals surface area contributed by atoms with Crippen molar-refractivity contribution in [3.63, 3.8) is 0 Å². The fraction of sp³-hybridized carbons (Fsp3) is 0.0714. The van der Waals surface area contributed by atoms with Gasteiger partial charge in [0.05, 0.1) is 22.1 Å². The van der Waals surface area contributed by atoms with Crippen LogP contribution in [0.5, 0.6) is 0 Å². The predicted molar refractivity (Wildman–Crippen MR) is 87.3 cm³/mol. The summed E-state index contributed by atoms with van der Waals surface area (Å²) in [6.07, 6.45) is 1.72. The molecule has 0 spiro atoms. The molecule has 2 aromatic rings. The number of rotatable bonds is 3. The van der Waals surface area contributed by atoms with Gasteiger partial charge in [-0.15, -0.1) is 0 Å². The SMILES string of the molecule is C/C(=N/NC(=S)Nc1ccccc1Cl)c1ccccn1. The minimum absolute atomic E-state index is 0.369. The van der Waals surface area contributed by atoms with E-state index in [2.05, 4.69) is 20.8 Å². The van der Waals surface area contributed by atoms with E-state index in [0.717, 1.165) is 17.1 Å². The molecule has 2 N–H and O–H groups in total. The highest BCUT2D eigenvalue weighted by molar-refractivity contribution is 7.80. The minimum Gasteiger partial charge on any atom is -0.330 e. The van der Waals surface area contributed by atoms with Crippen LogP contribution in [0.4, 0.5) is 5.69 Å². The molecule has 1 aromatic carbocycles. The highest BCUT2D eigenvalue weighted by atomic mass is 35.5. The Balaban J connectivity index is 1.97. The first-order valence-corrected chi connectivity index (χ1v) is 6.72. The summed E-state index contributed by atoms with van der Waals surface area (Å²) in [6, 6.07) is 13.0. The molecule has 0 atom stereocenters. The van der Waals surface area contributed by atoms with Gasteiger partial charge in [-0.2, -0.15) is 5.10 Å². The Morgan fingerprint density at radius 2 is 1.95 bits per heavy atom. The number of thiocarbonyl (C=S) groups is 1. The molecule has 20 heavy (non-hydrogen) atoms. The van der Waals surface area contributed by atoms with Crippen LogP contribution in [0.25, 0.3) is 0 Å². The van der Waals surface area contributed by atoms with Crippen LogP contribution < -0.4 is 10.7 Å². The lowest BCUT2D eigenvalue weighted by Gasteiger charge is -2.09. The van der Waals surface area contributed by atoms with Crippen LogP contribution in [0.2, 0.25) is 5.02 Å². The second-order valence-corrected chi connectivity index (χ2v) is 4.77. The number of nitrogens with zero attached hydrogens (tertiary/aromatic N) is 2. The van der Waals surface area contributed by atoms with Crippen LogP contribution in [0.3, 0.4) is 0 Å². The molecular weight excluding hydrogens is 292 g/mol. The number of hydrazone groups is 1. The van der Waals surface area contributed by atoms with Crippen molar-refractivity contribution < 1.29 is 0 Å². The number of pyridine rings is 1. The van der Waals surface area contributed by atoms with Crippen molar-refractivity contribution in [3.8, 4) is 0 Å². The van der Waals surface area contributed by atoms with Crippen LogP contribution in [0.15, 0.2) is 53.8 Å². The first-order chi connectivity index (χ1) is 9.66. The third-order valence-electron chi connectivity index (χ3n) is 2.48. The molecule has 1 heterocycles. The summed E-state index contributed by atoms with van der Waals surface area (Å²) in [5, 5.41) is 8.12. The summed E-state index contributed by atoms with van der Waals surface area (Å²) in [7, 11) is 0. The zero-order valence-corrected chi connectivity index (χ0v) is 12.4. The normalized spacial score (nSPS) is 11.0. The van der Waals surface area contributed by atoms with Crippen LogP contribution in [0.1, 0.15) is 12.6 Å². The van der Waals surface area contributed by atoms with Crippen LogP contribution in [-0.4, -0.2) is 15.8 Å². The molecule has 0 bridgehead atoms. The maximum absolute atomic E-state index is 6.03. The highest BCUT2D eigenvalue weighted by Gasteiger charge is 2.02. The highest BCUT2D eigenvalue weighted by Crippen LogP contribution is 2.20. The van der Waals surface area contributed by atoms with E-state index in [1.54, 1.807) is 12.3 Å². The van der Waals surface area contributed by atoms with Crippen LogP contribution in [-0.2, 0) is 0 Å². The van der Waals surface area contributed by atoms with Gasteiger partial charge in [0.2, 0.25) is 0 Å². The fourth-order valence-electron chi connectivity index (χ4n) is 1.48. The molecule has 0 amide bonds. The lowest BCUT2D eigenvalue weighted by atomic mass is 10.3. The van der Waals surface area contributed by atoms with Crippen molar-refractivity contribution in [2.45, 2.75) is 6.92 Å². The molecular formula is C14H13ClN4S. The fourth-order valence-corrected chi connectivity index (χ4v) is 1.82. The Morgan fingerprint density at radius 3 is 2.65 bits per heavy atom. The van der Waals surface area contributed by atoms with Crippen molar-refractivity contribution in [2.24, 2.45) is 5.10 Å². The molecule has 0 aliphatic rings. The number of aromatic nitrogens is 1. The molecule has 0 unspecified atom stereocenters. The van der Waals surface area contributed by atoms with E-state index in [1.807, 2.05) is 43.3 Å². The van der Waals surface area contributed by atoms with Gasteiger partial charge >= 0.3 is 0 Å². The number of halogens is 1. The molecule has 0 aliphatic heterocycles. The van der Waals surface area contributed by atoms with Crippen molar-refractivity contribution in [1.29, 1.82) is 0 Å². The van der Waals surface area contributed by atoms with Crippen LogP contribution in [0, 0.1) is 0 Å². The molecule has 0 aliphatic carbocycles. The van der Waals surface area contributed by atoms with Gasteiger partial charge in [-0.3, -0.25) is 10.4 Å². The summed E-state index contributed by atoms with van der Waals surface area (Å²) in [4.78, 5) is 4.20. The second-order valence-electron chi connectivity index (χ2n) is 3.96. The van der Waals surface area contributed by atoms with Gasteiger partial charge in [0, 0.05) is 6.20 Å². The number of anilines is 1. The lowest BCUT2D eigenvalue weighted by molar-refractivity contribution is 1.03. The Morgan fingerprint density at radius 1 is 1.20 bits per heavy atom.